The SMILES string of the molecule is CC1(C)OB(c2cc(-n3c4ccccc4c4ccccc43)cc3c2sc2ccc4oc5ccccc5c4c23)OC1(C)C.Clc1nc(-c2ccccc2)nc(-c2ccccc2)n1.c1ccc(-c2nc(-c3ccccc3)nc(-c3cc(-n4c5ccccc5c5ccccc54)cc4c3sc3ccc5oc6ccccc6c5c34)n2)cc1. The molecule has 23 rings (SSSR count). The van der Waals surface area contributed by atoms with Crippen LogP contribution in [-0.2, 0) is 9.31 Å². The maximum atomic E-state index is 6.70. The molecular formula is C96H64BClN8O4S2. The topological polar surface area (TPSA) is 132 Å². The quantitative estimate of drug-likeness (QED) is 0.135. The number of hydrogen-bond donors (Lipinski definition) is 0. The minimum absolute atomic E-state index is 0.202. The lowest BCUT2D eigenvalue weighted by Crippen LogP contribution is -2.41. The second-order valence-electron chi connectivity index (χ2n) is 29.2. The van der Waals surface area contributed by atoms with Crippen LogP contribution < -0.4 is 5.46 Å². The van der Waals surface area contributed by atoms with Gasteiger partial charge in [-0.2, -0.15) is 9.97 Å². The fourth-order valence-electron chi connectivity index (χ4n) is 16.0. The Kier molecular flexibility index (Phi) is 16.0. The average molecular weight is 1500 g/mol. The highest BCUT2D eigenvalue weighted by atomic mass is 35.5. The van der Waals surface area contributed by atoms with Gasteiger partial charge in [0, 0.05) is 128 Å². The third kappa shape index (κ3) is 11.2. The maximum absolute atomic E-state index is 6.70. The molecule has 0 radical (unpaired) electrons. The van der Waals surface area contributed by atoms with Crippen LogP contribution in [0.25, 0.3) is 196 Å². The Hall–Kier alpha value is -13.0. The van der Waals surface area contributed by atoms with Crippen LogP contribution in [0.15, 0.2) is 324 Å². The number of para-hydroxylation sites is 6. The summed E-state index contributed by atoms with van der Waals surface area (Å²) in [4.78, 5) is 28.3. The van der Waals surface area contributed by atoms with Crippen molar-refractivity contribution in [2.24, 2.45) is 0 Å². The van der Waals surface area contributed by atoms with E-state index in [1.165, 1.54) is 62.8 Å². The van der Waals surface area contributed by atoms with Gasteiger partial charge in [0.25, 0.3) is 0 Å². The van der Waals surface area contributed by atoms with Gasteiger partial charge in [-0.25, -0.2) is 19.9 Å². The molecule has 14 aromatic carbocycles. The lowest BCUT2D eigenvalue weighted by molar-refractivity contribution is 0.00578. The summed E-state index contributed by atoms with van der Waals surface area (Å²) in [7, 11) is -0.491. The molecular weight excluding hydrogens is 1440 g/mol. The van der Waals surface area contributed by atoms with Crippen LogP contribution in [-0.4, -0.2) is 57.4 Å². The average Bonchev–Trinajstić information content (AvgIpc) is 1.56. The minimum atomic E-state index is -0.491. The standard InChI is InChI=1S/C45H26N4OS.C36H28BNO3S.C15H10ClN3/c1-3-13-27(14-4-1)43-46-44(28-15-5-2-6-16-28)48-45(47-43)34-26-29(49-35-20-10-7-17-30(35)31-18-8-11-21-36(31)49)25-33-41-39(51-42(33)34)24-23-38-40(41)32-19-9-12-22-37(32)50-38;1-35(2)36(3,4)41-37(40-35)26-20-21(38-27-14-8-5-11-22(27)23-12-6-9-15-28(23)38)19-25-33-31(42-34(25)26)18-17-30-32(33)24-13-7-10-16-29(24)39-30;16-15-18-13(11-7-3-1-4-8-11)17-14(19-15)12-9-5-2-6-10-12/h1-26H;5-20H,1-4H3;1-10H. The summed E-state index contributed by atoms with van der Waals surface area (Å²) in [6.45, 7) is 8.47. The third-order valence-electron chi connectivity index (χ3n) is 21.9. The van der Waals surface area contributed by atoms with Gasteiger partial charge in [-0.05, 0) is 124 Å². The van der Waals surface area contributed by atoms with Crippen molar-refractivity contribution in [1.29, 1.82) is 0 Å². The second kappa shape index (κ2) is 26.7. The van der Waals surface area contributed by atoms with E-state index >= 15 is 0 Å². The van der Waals surface area contributed by atoms with Gasteiger partial charge in [-0.3, -0.25) is 0 Å². The Bertz CT molecular complexity index is 7270. The van der Waals surface area contributed by atoms with E-state index in [1.54, 1.807) is 22.7 Å². The lowest BCUT2D eigenvalue weighted by Gasteiger charge is -2.32. The van der Waals surface area contributed by atoms with Gasteiger partial charge in [-0.1, -0.05) is 231 Å². The molecule has 12 nitrogen and oxygen atoms in total. The van der Waals surface area contributed by atoms with E-state index in [9.17, 15) is 0 Å². The zero-order valence-electron chi connectivity index (χ0n) is 61.0. The first-order valence-electron chi connectivity index (χ1n) is 37.3. The van der Waals surface area contributed by atoms with Crippen LogP contribution >= 0.6 is 34.3 Å². The van der Waals surface area contributed by atoms with E-state index < -0.39 is 18.3 Å². The Balaban J connectivity index is 0.000000116. The van der Waals surface area contributed by atoms with Crippen LogP contribution in [0, 0.1) is 0 Å². The molecule has 16 heteroatoms. The number of aromatic nitrogens is 8. The molecule has 112 heavy (non-hydrogen) atoms. The fraction of sp³-hybridized carbons (Fsp3) is 0.0625. The smallest absolute Gasteiger partial charge is 0.456 e. The number of rotatable bonds is 8. The highest BCUT2D eigenvalue weighted by Gasteiger charge is 2.52. The summed E-state index contributed by atoms with van der Waals surface area (Å²) < 4.78 is 35.6. The normalized spacial score (nSPS) is 13.5. The van der Waals surface area contributed by atoms with E-state index in [2.05, 4.69) is 252 Å². The number of fused-ring (bicyclic) bond motifs is 20. The van der Waals surface area contributed by atoms with Crippen molar-refractivity contribution in [3.05, 3.63) is 321 Å². The van der Waals surface area contributed by atoms with Crippen molar-refractivity contribution < 1.29 is 18.1 Å². The summed E-state index contributed by atoms with van der Waals surface area (Å²) in [5, 5.41) is 14.4. The molecule has 0 bridgehead atoms. The summed E-state index contributed by atoms with van der Waals surface area (Å²) in [5.41, 5.74) is 15.2. The number of thiophene rings is 2. The summed E-state index contributed by atoms with van der Waals surface area (Å²) in [6, 6.07) is 109. The zero-order chi connectivity index (χ0) is 74.9. The van der Waals surface area contributed by atoms with Gasteiger partial charge in [0.1, 0.15) is 22.3 Å². The molecule has 0 saturated carbocycles. The number of furan rings is 2. The van der Waals surface area contributed by atoms with Crippen LogP contribution in [0.5, 0.6) is 0 Å². The molecule has 0 unspecified atom stereocenters. The summed E-state index contributed by atoms with van der Waals surface area (Å²) >= 11 is 9.57. The molecule has 0 aliphatic carbocycles. The largest absolute Gasteiger partial charge is 0.496 e. The lowest BCUT2D eigenvalue weighted by atomic mass is 9.78. The van der Waals surface area contributed by atoms with Crippen molar-refractivity contribution in [3.8, 4) is 68.3 Å². The fourth-order valence-corrected chi connectivity index (χ4v) is 18.6. The number of nitrogens with zero attached hydrogens (tertiary/aromatic N) is 8. The van der Waals surface area contributed by atoms with E-state index in [-0.39, 0.29) is 5.28 Å². The predicted molar refractivity (Wildman–Crippen MR) is 463 cm³/mol. The van der Waals surface area contributed by atoms with Crippen LogP contribution in [0.2, 0.25) is 5.28 Å². The first-order valence-corrected chi connectivity index (χ1v) is 39.3. The van der Waals surface area contributed by atoms with Crippen LogP contribution in [0.3, 0.4) is 0 Å². The van der Waals surface area contributed by atoms with Crippen molar-refractivity contribution in [1.82, 2.24) is 39.0 Å². The van der Waals surface area contributed by atoms with Crippen molar-refractivity contribution in [2.75, 3.05) is 0 Å². The molecule has 1 aliphatic rings. The van der Waals surface area contributed by atoms with Gasteiger partial charge in [-0.15, -0.1) is 22.7 Å². The van der Waals surface area contributed by atoms with Crippen molar-refractivity contribution >= 4 is 175 Å². The van der Waals surface area contributed by atoms with Crippen molar-refractivity contribution in [2.45, 2.75) is 38.9 Å². The summed E-state index contributed by atoms with van der Waals surface area (Å²) in [5.74, 6) is 3.08. The van der Waals surface area contributed by atoms with Gasteiger partial charge < -0.3 is 27.3 Å². The van der Waals surface area contributed by atoms with Gasteiger partial charge in [0.15, 0.2) is 29.1 Å². The molecule has 1 saturated heterocycles. The monoisotopic (exact) mass is 1500 g/mol. The van der Waals surface area contributed by atoms with E-state index in [0.29, 0.717) is 29.1 Å². The summed E-state index contributed by atoms with van der Waals surface area (Å²) in [6.07, 6.45) is 0. The molecule has 534 valence electrons. The molecule has 0 amide bonds. The first kappa shape index (κ1) is 67.2. The highest BCUT2D eigenvalue weighted by Crippen LogP contribution is 2.49. The molecule has 9 heterocycles. The maximum Gasteiger partial charge on any atom is 0.496 e. The van der Waals surface area contributed by atoms with Gasteiger partial charge in [0.05, 0.1) is 33.3 Å². The molecule has 0 N–H and O–H groups in total. The number of benzene rings is 14. The highest BCUT2D eigenvalue weighted by molar-refractivity contribution is 7.27. The number of hydrogen-bond acceptors (Lipinski definition) is 12. The molecule has 1 aliphatic heterocycles. The molecule has 1 fully saturated rings. The number of halogens is 1. The molecule has 0 atom stereocenters. The van der Waals surface area contributed by atoms with Crippen LogP contribution in [0.1, 0.15) is 27.7 Å². The van der Waals surface area contributed by atoms with E-state index in [4.69, 9.17) is 44.7 Å². The van der Waals surface area contributed by atoms with E-state index in [0.717, 1.165) is 110 Å². The second-order valence-corrected chi connectivity index (χ2v) is 31.6. The molecule has 8 aromatic heterocycles. The Labute approximate surface area is 655 Å². The predicted octanol–water partition coefficient (Wildman–Crippen LogP) is 25.4. The zero-order valence-corrected chi connectivity index (χ0v) is 63.4. The van der Waals surface area contributed by atoms with E-state index in [1.807, 2.05) is 115 Å². The minimum Gasteiger partial charge on any atom is -0.456 e. The molecule has 0 spiro atoms. The van der Waals surface area contributed by atoms with Gasteiger partial charge >= 0.3 is 7.12 Å². The first-order chi connectivity index (χ1) is 54.9. The van der Waals surface area contributed by atoms with Crippen LogP contribution in [0.4, 0.5) is 0 Å². The Morgan fingerprint density at radius 3 is 1.04 bits per heavy atom. The molecule has 22 aromatic rings. The Morgan fingerprint density at radius 1 is 0.304 bits per heavy atom. The Morgan fingerprint density at radius 2 is 0.634 bits per heavy atom. The van der Waals surface area contributed by atoms with Gasteiger partial charge in [0.2, 0.25) is 5.28 Å². The third-order valence-corrected chi connectivity index (χ3v) is 24.5. The van der Waals surface area contributed by atoms with Crippen molar-refractivity contribution in [3.63, 3.8) is 0 Å².